The molecular formula is C16H12F2N2O2S2. The highest BCUT2D eigenvalue weighted by Gasteiger charge is 2.19. The van der Waals surface area contributed by atoms with E-state index < -0.39 is 26.6 Å². The van der Waals surface area contributed by atoms with Gasteiger partial charge in [-0.2, -0.15) is 11.3 Å². The number of hydrogen-bond donors (Lipinski definition) is 1. The first-order valence-electron chi connectivity index (χ1n) is 6.88. The molecule has 124 valence electrons. The van der Waals surface area contributed by atoms with E-state index in [-0.39, 0.29) is 6.54 Å². The second-order valence-electron chi connectivity index (χ2n) is 4.96. The van der Waals surface area contributed by atoms with Crippen LogP contribution in [-0.2, 0) is 16.6 Å². The van der Waals surface area contributed by atoms with Crippen molar-refractivity contribution in [3.63, 3.8) is 0 Å². The van der Waals surface area contributed by atoms with Gasteiger partial charge in [-0.1, -0.05) is 0 Å². The van der Waals surface area contributed by atoms with E-state index in [9.17, 15) is 17.2 Å². The Morgan fingerprint density at radius 3 is 2.67 bits per heavy atom. The topological polar surface area (TPSA) is 59.1 Å². The lowest BCUT2D eigenvalue weighted by atomic mass is 10.1. The Labute approximate surface area is 141 Å². The predicted octanol–water partition coefficient (Wildman–Crippen LogP) is 3.57. The number of benzene rings is 1. The van der Waals surface area contributed by atoms with Crippen molar-refractivity contribution in [2.45, 2.75) is 11.4 Å². The number of nitrogens with zero attached hydrogens (tertiary/aromatic N) is 1. The second-order valence-corrected chi connectivity index (χ2v) is 7.48. The third-order valence-electron chi connectivity index (χ3n) is 3.29. The van der Waals surface area contributed by atoms with Gasteiger partial charge in [-0.15, -0.1) is 0 Å². The normalized spacial score (nSPS) is 11.6. The van der Waals surface area contributed by atoms with Crippen molar-refractivity contribution in [2.75, 3.05) is 0 Å². The molecule has 0 unspecified atom stereocenters. The van der Waals surface area contributed by atoms with Gasteiger partial charge >= 0.3 is 0 Å². The number of nitrogens with one attached hydrogen (secondary N) is 1. The van der Waals surface area contributed by atoms with E-state index in [4.69, 9.17) is 0 Å². The molecule has 2 aromatic heterocycles. The Kier molecular flexibility index (Phi) is 4.70. The van der Waals surface area contributed by atoms with Gasteiger partial charge in [-0.05, 0) is 41.3 Å². The van der Waals surface area contributed by atoms with Crippen molar-refractivity contribution < 1.29 is 17.2 Å². The molecule has 0 aliphatic heterocycles. The standard InChI is InChI=1S/C16H12F2N2O2S2/c17-13-1-2-16(14(18)8-13)24(21,22)20-9-11-3-5-19-15(7-11)12-4-6-23-10-12/h1-8,10,20H,9H2. The number of hydrogen-bond acceptors (Lipinski definition) is 4. The summed E-state index contributed by atoms with van der Waals surface area (Å²) in [5, 5.41) is 3.86. The maximum Gasteiger partial charge on any atom is 0.243 e. The Morgan fingerprint density at radius 1 is 1.12 bits per heavy atom. The lowest BCUT2D eigenvalue weighted by Gasteiger charge is -2.08. The van der Waals surface area contributed by atoms with Crippen LogP contribution in [0.4, 0.5) is 8.78 Å². The monoisotopic (exact) mass is 366 g/mol. The van der Waals surface area contributed by atoms with Crippen LogP contribution in [0.5, 0.6) is 0 Å². The van der Waals surface area contributed by atoms with E-state index in [1.165, 1.54) is 11.3 Å². The molecule has 0 saturated heterocycles. The van der Waals surface area contributed by atoms with Crippen LogP contribution in [0.3, 0.4) is 0 Å². The van der Waals surface area contributed by atoms with Gasteiger partial charge in [0.2, 0.25) is 10.0 Å². The van der Waals surface area contributed by atoms with E-state index in [0.717, 1.165) is 23.4 Å². The molecule has 1 aromatic carbocycles. The zero-order valence-electron chi connectivity index (χ0n) is 12.2. The largest absolute Gasteiger partial charge is 0.256 e. The summed E-state index contributed by atoms with van der Waals surface area (Å²) in [4.78, 5) is 3.65. The molecular weight excluding hydrogens is 354 g/mol. The number of pyridine rings is 1. The summed E-state index contributed by atoms with van der Waals surface area (Å²) in [6, 6.07) is 7.67. The summed E-state index contributed by atoms with van der Waals surface area (Å²) < 4.78 is 53.2. The Hall–Kier alpha value is -2.16. The maximum atomic E-state index is 13.7. The quantitative estimate of drug-likeness (QED) is 0.751. The molecule has 0 radical (unpaired) electrons. The molecule has 0 spiro atoms. The van der Waals surface area contributed by atoms with E-state index in [0.29, 0.717) is 11.6 Å². The van der Waals surface area contributed by atoms with Gasteiger partial charge in [0, 0.05) is 29.8 Å². The van der Waals surface area contributed by atoms with Crippen LogP contribution >= 0.6 is 11.3 Å². The van der Waals surface area contributed by atoms with Crippen molar-refractivity contribution in [1.82, 2.24) is 9.71 Å². The molecule has 1 N–H and O–H groups in total. The molecule has 0 saturated carbocycles. The first-order valence-corrected chi connectivity index (χ1v) is 9.30. The number of sulfonamides is 1. The molecule has 3 aromatic rings. The summed E-state index contributed by atoms with van der Waals surface area (Å²) >= 11 is 1.53. The van der Waals surface area contributed by atoms with Crippen LogP contribution in [0.1, 0.15) is 5.56 Å². The van der Waals surface area contributed by atoms with Crippen molar-refractivity contribution >= 4 is 21.4 Å². The van der Waals surface area contributed by atoms with Gasteiger partial charge in [0.25, 0.3) is 0 Å². The molecule has 0 amide bonds. The molecule has 0 bridgehead atoms. The summed E-state index contributed by atoms with van der Waals surface area (Å²) in [7, 11) is -4.08. The third-order valence-corrected chi connectivity index (χ3v) is 5.41. The van der Waals surface area contributed by atoms with Crippen molar-refractivity contribution in [1.29, 1.82) is 0 Å². The lowest BCUT2D eigenvalue weighted by Crippen LogP contribution is -2.24. The number of aromatic nitrogens is 1. The summed E-state index contributed by atoms with van der Waals surface area (Å²) in [5.74, 6) is -1.96. The molecule has 0 aliphatic rings. The number of halogens is 2. The fraction of sp³-hybridized carbons (Fsp3) is 0.0625. The fourth-order valence-corrected chi connectivity index (χ4v) is 3.83. The minimum absolute atomic E-state index is 0.0290. The van der Waals surface area contributed by atoms with Crippen LogP contribution in [0.25, 0.3) is 11.3 Å². The average molecular weight is 366 g/mol. The molecule has 24 heavy (non-hydrogen) atoms. The highest BCUT2D eigenvalue weighted by molar-refractivity contribution is 7.89. The molecule has 0 aliphatic carbocycles. The lowest BCUT2D eigenvalue weighted by molar-refractivity contribution is 0.543. The number of thiophene rings is 1. The maximum absolute atomic E-state index is 13.7. The van der Waals surface area contributed by atoms with Gasteiger partial charge in [-0.25, -0.2) is 21.9 Å². The molecule has 8 heteroatoms. The van der Waals surface area contributed by atoms with E-state index in [1.807, 2.05) is 16.8 Å². The predicted molar refractivity (Wildman–Crippen MR) is 87.9 cm³/mol. The molecule has 2 heterocycles. The van der Waals surface area contributed by atoms with Gasteiger partial charge in [-0.3, -0.25) is 4.98 Å². The first-order chi connectivity index (χ1) is 11.5. The van der Waals surface area contributed by atoms with Crippen molar-refractivity contribution in [3.05, 3.63) is 70.6 Å². The zero-order valence-corrected chi connectivity index (χ0v) is 13.9. The van der Waals surface area contributed by atoms with E-state index in [1.54, 1.807) is 18.3 Å². The Bertz CT molecular complexity index is 958. The Balaban J connectivity index is 1.79. The minimum atomic E-state index is -4.08. The van der Waals surface area contributed by atoms with Gasteiger partial charge in [0.05, 0.1) is 5.69 Å². The fourth-order valence-electron chi connectivity index (χ4n) is 2.10. The summed E-state index contributed by atoms with van der Waals surface area (Å²) in [6.45, 7) is -0.0290. The van der Waals surface area contributed by atoms with E-state index in [2.05, 4.69) is 9.71 Å². The highest BCUT2D eigenvalue weighted by atomic mass is 32.2. The molecule has 3 rings (SSSR count). The van der Waals surface area contributed by atoms with Crippen LogP contribution < -0.4 is 4.72 Å². The van der Waals surface area contributed by atoms with Gasteiger partial charge in [0.1, 0.15) is 16.5 Å². The third kappa shape index (κ3) is 3.66. The summed E-state index contributed by atoms with van der Waals surface area (Å²) in [6.07, 6.45) is 1.58. The van der Waals surface area contributed by atoms with Crippen molar-refractivity contribution in [3.8, 4) is 11.3 Å². The number of rotatable bonds is 5. The van der Waals surface area contributed by atoms with E-state index >= 15 is 0 Å². The molecule has 0 fully saturated rings. The Morgan fingerprint density at radius 2 is 1.96 bits per heavy atom. The SMILES string of the molecule is O=S(=O)(NCc1ccnc(-c2ccsc2)c1)c1ccc(F)cc1F. The molecule has 0 atom stereocenters. The molecule has 4 nitrogen and oxygen atoms in total. The van der Waals surface area contributed by atoms with Gasteiger partial charge in [0.15, 0.2) is 0 Å². The second kappa shape index (κ2) is 6.76. The van der Waals surface area contributed by atoms with Crippen LogP contribution in [-0.4, -0.2) is 13.4 Å². The van der Waals surface area contributed by atoms with Crippen molar-refractivity contribution in [2.24, 2.45) is 0 Å². The smallest absolute Gasteiger partial charge is 0.243 e. The average Bonchev–Trinajstić information content (AvgIpc) is 3.07. The highest BCUT2D eigenvalue weighted by Crippen LogP contribution is 2.21. The zero-order chi connectivity index (χ0) is 17.2. The van der Waals surface area contributed by atoms with Crippen LogP contribution in [0, 0.1) is 11.6 Å². The minimum Gasteiger partial charge on any atom is -0.256 e. The summed E-state index contributed by atoms with van der Waals surface area (Å²) in [5.41, 5.74) is 2.34. The van der Waals surface area contributed by atoms with Crippen LogP contribution in [0.2, 0.25) is 0 Å². The van der Waals surface area contributed by atoms with Gasteiger partial charge < -0.3 is 0 Å². The first kappa shape index (κ1) is 16.7. The van der Waals surface area contributed by atoms with Crippen LogP contribution in [0.15, 0.2) is 58.3 Å².